The molecule has 0 aliphatic rings. The van der Waals surface area contributed by atoms with Crippen LogP contribution in [0, 0.1) is 0 Å². The Balaban J connectivity index is 2.10. The lowest BCUT2D eigenvalue weighted by Gasteiger charge is -2.13. The second kappa shape index (κ2) is 9.61. The number of carbonyl (C=O) groups is 2. The highest BCUT2D eigenvalue weighted by molar-refractivity contribution is 7.90. The molecule has 11 heteroatoms. The maximum absolute atomic E-state index is 13.0. The molecule has 0 aromatic heterocycles. The number of rotatable bonds is 7. The Morgan fingerprint density at radius 3 is 2.23 bits per heavy atom. The van der Waals surface area contributed by atoms with Crippen LogP contribution in [0.1, 0.15) is 35.7 Å². The summed E-state index contributed by atoms with van der Waals surface area (Å²) in [6, 6.07) is 8.08. The molecule has 0 aliphatic carbocycles. The van der Waals surface area contributed by atoms with Gasteiger partial charge in [-0.3, -0.25) is 4.79 Å². The van der Waals surface area contributed by atoms with Gasteiger partial charge in [0.05, 0.1) is 16.0 Å². The number of unbranched alkanes of at least 4 members (excludes halogenated alkanes) is 1. The molecule has 3 amide bonds. The zero-order valence-corrected chi connectivity index (χ0v) is 16.7. The van der Waals surface area contributed by atoms with Crippen molar-refractivity contribution in [1.29, 1.82) is 0 Å². The van der Waals surface area contributed by atoms with Gasteiger partial charge in [0.2, 0.25) is 0 Å². The van der Waals surface area contributed by atoms with Crippen LogP contribution in [0.25, 0.3) is 0 Å². The van der Waals surface area contributed by atoms with Crippen LogP contribution in [0.2, 0.25) is 0 Å². The summed E-state index contributed by atoms with van der Waals surface area (Å²) in [7, 11) is -4.14. The molecular formula is C19H20F3N3O4S. The number of benzene rings is 2. The molecule has 0 radical (unpaired) electrons. The van der Waals surface area contributed by atoms with Gasteiger partial charge >= 0.3 is 12.2 Å². The fourth-order valence-electron chi connectivity index (χ4n) is 2.44. The van der Waals surface area contributed by atoms with Crippen LogP contribution in [0.3, 0.4) is 0 Å². The molecular weight excluding hydrogens is 423 g/mol. The number of anilines is 1. The van der Waals surface area contributed by atoms with E-state index in [1.807, 2.05) is 11.6 Å². The topological polar surface area (TPSA) is 104 Å². The average molecular weight is 443 g/mol. The zero-order valence-electron chi connectivity index (χ0n) is 15.9. The third-order valence-electron chi connectivity index (χ3n) is 3.94. The highest BCUT2D eigenvalue weighted by Gasteiger charge is 2.34. The van der Waals surface area contributed by atoms with Crippen molar-refractivity contribution in [3.05, 3.63) is 59.7 Å². The molecule has 0 heterocycles. The van der Waals surface area contributed by atoms with Gasteiger partial charge in [-0.25, -0.2) is 17.9 Å². The summed E-state index contributed by atoms with van der Waals surface area (Å²) in [4.78, 5) is 23.6. The Morgan fingerprint density at radius 2 is 1.63 bits per heavy atom. The predicted octanol–water partition coefficient (Wildman–Crippen LogP) is 3.75. The highest BCUT2D eigenvalue weighted by atomic mass is 32.2. The molecule has 0 atom stereocenters. The summed E-state index contributed by atoms with van der Waals surface area (Å²) in [5, 5.41) is 4.70. The first-order chi connectivity index (χ1) is 14.0. The Hall–Kier alpha value is -3.08. The number of alkyl halides is 3. The summed E-state index contributed by atoms with van der Waals surface area (Å²) in [5.41, 5.74) is -1.56. The van der Waals surface area contributed by atoms with Crippen LogP contribution < -0.4 is 15.4 Å². The van der Waals surface area contributed by atoms with Crippen LogP contribution in [0.5, 0.6) is 0 Å². The number of hydrogen-bond acceptors (Lipinski definition) is 4. The van der Waals surface area contributed by atoms with Crippen LogP contribution in [-0.2, 0) is 16.2 Å². The normalized spacial score (nSPS) is 11.6. The third kappa shape index (κ3) is 6.21. The lowest BCUT2D eigenvalue weighted by molar-refractivity contribution is -0.137. The van der Waals surface area contributed by atoms with Crippen molar-refractivity contribution in [3.8, 4) is 0 Å². The molecule has 2 aromatic carbocycles. The summed E-state index contributed by atoms with van der Waals surface area (Å²) in [6.07, 6.45) is -3.18. The van der Waals surface area contributed by atoms with Gasteiger partial charge in [0.25, 0.3) is 15.9 Å². The van der Waals surface area contributed by atoms with E-state index >= 15 is 0 Å². The van der Waals surface area contributed by atoms with Crippen molar-refractivity contribution < 1.29 is 31.2 Å². The second-order valence-electron chi connectivity index (χ2n) is 6.24. The number of halogens is 3. The maximum Gasteiger partial charge on any atom is 0.417 e. The second-order valence-corrected chi connectivity index (χ2v) is 7.92. The minimum Gasteiger partial charge on any atom is -0.337 e. The van der Waals surface area contributed by atoms with E-state index in [9.17, 15) is 31.2 Å². The van der Waals surface area contributed by atoms with Crippen molar-refractivity contribution in [2.45, 2.75) is 30.8 Å². The van der Waals surface area contributed by atoms with Crippen LogP contribution in [-0.4, -0.2) is 26.9 Å². The van der Waals surface area contributed by atoms with Crippen LogP contribution in [0.4, 0.5) is 23.7 Å². The quantitative estimate of drug-likeness (QED) is 0.567. The van der Waals surface area contributed by atoms with Crippen molar-refractivity contribution >= 4 is 27.6 Å². The first kappa shape index (κ1) is 23.2. The Bertz CT molecular complexity index is 1010. The van der Waals surface area contributed by atoms with Crippen molar-refractivity contribution in [2.24, 2.45) is 0 Å². The summed E-state index contributed by atoms with van der Waals surface area (Å²) < 4.78 is 65.4. The van der Waals surface area contributed by atoms with Gasteiger partial charge in [-0.15, -0.1) is 0 Å². The van der Waals surface area contributed by atoms with Gasteiger partial charge < -0.3 is 10.6 Å². The summed E-state index contributed by atoms with van der Waals surface area (Å²) >= 11 is 0. The molecule has 30 heavy (non-hydrogen) atoms. The number of carbonyl (C=O) groups excluding carboxylic acids is 2. The van der Waals surface area contributed by atoms with E-state index in [1.54, 1.807) is 0 Å². The fourth-order valence-corrected chi connectivity index (χ4v) is 3.37. The largest absolute Gasteiger partial charge is 0.417 e. The van der Waals surface area contributed by atoms with E-state index in [2.05, 4.69) is 10.6 Å². The monoisotopic (exact) mass is 443 g/mol. The van der Waals surface area contributed by atoms with E-state index in [0.29, 0.717) is 13.0 Å². The fraction of sp³-hybridized carbons (Fsp3) is 0.263. The van der Waals surface area contributed by atoms with E-state index in [-0.39, 0.29) is 10.6 Å². The first-order valence-electron chi connectivity index (χ1n) is 8.93. The van der Waals surface area contributed by atoms with E-state index < -0.39 is 39.3 Å². The molecule has 0 aliphatic heterocycles. The van der Waals surface area contributed by atoms with Gasteiger partial charge in [-0.2, -0.15) is 13.2 Å². The van der Waals surface area contributed by atoms with E-state index in [4.69, 9.17) is 0 Å². The Labute approximate surface area is 171 Å². The van der Waals surface area contributed by atoms with Gasteiger partial charge in [0.15, 0.2) is 0 Å². The molecule has 0 saturated heterocycles. The van der Waals surface area contributed by atoms with E-state index in [0.717, 1.165) is 30.7 Å². The molecule has 2 rings (SSSR count). The van der Waals surface area contributed by atoms with Crippen LogP contribution in [0.15, 0.2) is 53.4 Å². The van der Waals surface area contributed by atoms with Gasteiger partial charge in [-0.05, 0) is 42.8 Å². The average Bonchev–Trinajstić information content (AvgIpc) is 2.67. The lowest BCUT2D eigenvalue weighted by atomic mass is 10.1. The standard InChI is InChI=1S/C19H20F3N3O4S/c1-2-3-12-23-18(27)25-30(28,29)14-10-8-13(9-11-14)24-17(26)15-6-4-5-7-16(15)19(20,21)22/h4-11H,2-3,12H2,1H3,(H,24,26)(H2,23,25,27). The molecule has 162 valence electrons. The molecule has 2 aromatic rings. The molecule has 0 fully saturated rings. The number of hydrogen-bond donors (Lipinski definition) is 3. The van der Waals surface area contributed by atoms with Gasteiger partial charge in [0, 0.05) is 12.2 Å². The smallest absolute Gasteiger partial charge is 0.337 e. The highest BCUT2D eigenvalue weighted by Crippen LogP contribution is 2.32. The maximum atomic E-state index is 13.0. The van der Waals surface area contributed by atoms with Crippen molar-refractivity contribution in [3.63, 3.8) is 0 Å². The molecule has 0 spiro atoms. The molecule has 0 bridgehead atoms. The van der Waals surface area contributed by atoms with E-state index in [1.165, 1.54) is 24.3 Å². The summed E-state index contributed by atoms with van der Waals surface area (Å²) in [6.45, 7) is 2.24. The molecule has 3 N–H and O–H groups in total. The number of nitrogens with one attached hydrogen (secondary N) is 3. The molecule has 0 saturated carbocycles. The Kier molecular flexibility index (Phi) is 7.43. The third-order valence-corrected chi connectivity index (χ3v) is 5.29. The van der Waals surface area contributed by atoms with Crippen LogP contribution >= 0.6 is 0 Å². The number of sulfonamides is 1. The molecule has 0 unspecified atom stereocenters. The minimum atomic E-state index is -4.70. The Morgan fingerprint density at radius 1 is 1.00 bits per heavy atom. The SMILES string of the molecule is CCCCNC(=O)NS(=O)(=O)c1ccc(NC(=O)c2ccccc2C(F)(F)F)cc1. The minimum absolute atomic E-state index is 0.0864. The zero-order chi connectivity index (χ0) is 22.4. The number of amides is 3. The van der Waals surface area contributed by atoms with Gasteiger partial charge in [-0.1, -0.05) is 25.5 Å². The predicted molar refractivity (Wildman–Crippen MR) is 104 cm³/mol. The van der Waals surface area contributed by atoms with Gasteiger partial charge in [0.1, 0.15) is 0 Å². The van der Waals surface area contributed by atoms with Crippen molar-refractivity contribution in [1.82, 2.24) is 10.0 Å². The lowest BCUT2D eigenvalue weighted by Crippen LogP contribution is -2.39. The molecule has 7 nitrogen and oxygen atoms in total. The number of urea groups is 1. The first-order valence-corrected chi connectivity index (χ1v) is 10.4. The summed E-state index contributed by atoms with van der Waals surface area (Å²) in [5.74, 6) is -0.994. The van der Waals surface area contributed by atoms with Crippen molar-refractivity contribution in [2.75, 3.05) is 11.9 Å².